The first-order chi connectivity index (χ1) is 10.9. The molecule has 0 bridgehead atoms. The molecular weight excluding hydrogens is 322 g/mol. The van der Waals surface area contributed by atoms with Crippen LogP contribution in [-0.2, 0) is 22.9 Å². The van der Waals surface area contributed by atoms with Gasteiger partial charge in [0.25, 0.3) is 0 Å². The van der Waals surface area contributed by atoms with E-state index in [9.17, 15) is 18.5 Å². The van der Waals surface area contributed by atoms with Crippen molar-refractivity contribution in [2.45, 2.75) is 18.2 Å². The van der Waals surface area contributed by atoms with Gasteiger partial charge in [0.2, 0.25) is 15.0 Å². The van der Waals surface area contributed by atoms with Crippen LogP contribution >= 0.6 is 0 Å². The van der Waals surface area contributed by atoms with E-state index in [0.29, 0.717) is 11.0 Å². The quantitative estimate of drug-likeness (QED) is 0.512. The Morgan fingerprint density at radius 1 is 1.22 bits per heavy atom. The number of rotatable bonds is 5. The average molecular weight is 335 g/mol. The summed E-state index contributed by atoms with van der Waals surface area (Å²) >= 11 is 0. The smallest absolute Gasteiger partial charge is 0.358 e. The van der Waals surface area contributed by atoms with Crippen molar-refractivity contribution in [1.82, 2.24) is 19.3 Å². The Morgan fingerprint density at radius 3 is 2.61 bits per heavy atom. The molecule has 120 valence electrons. The highest BCUT2D eigenvalue weighted by Crippen LogP contribution is 2.19. The largest absolute Gasteiger partial charge is 0.389 e. The number of aromatic nitrogens is 4. The van der Waals surface area contributed by atoms with E-state index in [1.54, 1.807) is 28.8 Å². The lowest BCUT2D eigenvalue weighted by molar-refractivity contribution is -0.389. The van der Waals surface area contributed by atoms with E-state index in [0.717, 1.165) is 6.26 Å². The standard InChI is InChI=1S/C13H13N5O4S/c1-23(21,22)13-14-10-4-2-3-5-11(10)17(13)9-8-16-7-6-12(15-16)18(19)20/h2-7H,8-9H2,1H3. The molecule has 0 saturated heterocycles. The van der Waals surface area contributed by atoms with Gasteiger partial charge in [-0.25, -0.2) is 13.4 Å². The van der Waals surface area contributed by atoms with E-state index in [4.69, 9.17) is 0 Å². The van der Waals surface area contributed by atoms with Crippen LogP contribution < -0.4 is 0 Å². The van der Waals surface area contributed by atoms with Crippen molar-refractivity contribution >= 4 is 26.7 Å². The van der Waals surface area contributed by atoms with Crippen LogP contribution in [0.2, 0.25) is 0 Å². The van der Waals surface area contributed by atoms with Crippen molar-refractivity contribution in [3.05, 3.63) is 46.6 Å². The Balaban J connectivity index is 1.96. The highest BCUT2D eigenvalue weighted by molar-refractivity contribution is 7.90. The van der Waals surface area contributed by atoms with Crippen LogP contribution in [0.5, 0.6) is 0 Å². The Morgan fingerprint density at radius 2 is 1.96 bits per heavy atom. The number of hydrogen-bond acceptors (Lipinski definition) is 6. The maximum absolute atomic E-state index is 11.9. The predicted molar refractivity (Wildman–Crippen MR) is 81.7 cm³/mol. The number of hydrogen-bond donors (Lipinski definition) is 0. The Hall–Kier alpha value is -2.75. The summed E-state index contributed by atoms with van der Waals surface area (Å²) in [5.74, 6) is -0.246. The van der Waals surface area contributed by atoms with Gasteiger partial charge >= 0.3 is 5.82 Å². The lowest BCUT2D eigenvalue weighted by atomic mass is 10.3. The van der Waals surface area contributed by atoms with Crippen LogP contribution in [-0.4, -0.2) is 38.9 Å². The van der Waals surface area contributed by atoms with Gasteiger partial charge in [-0.3, -0.25) is 0 Å². The first-order valence-electron chi connectivity index (χ1n) is 6.69. The van der Waals surface area contributed by atoms with Crippen molar-refractivity contribution in [3.63, 3.8) is 0 Å². The fourth-order valence-corrected chi connectivity index (χ4v) is 3.18. The van der Waals surface area contributed by atoms with Crippen molar-refractivity contribution in [3.8, 4) is 0 Å². The zero-order valence-electron chi connectivity index (χ0n) is 12.2. The van der Waals surface area contributed by atoms with Gasteiger partial charge in [0.15, 0.2) is 0 Å². The minimum atomic E-state index is -3.49. The second-order valence-corrected chi connectivity index (χ2v) is 6.91. The average Bonchev–Trinajstić information content (AvgIpc) is 3.09. The van der Waals surface area contributed by atoms with Crippen LogP contribution in [0.3, 0.4) is 0 Å². The van der Waals surface area contributed by atoms with Gasteiger partial charge in [0, 0.05) is 12.8 Å². The summed E-state index contributed by atoms with van der Waals surface area (Å²) in [6.45, 7) is 0.568. The third kappa shape index (κ3) is 2.93. The van der Waals surface area contributed by atoms with Crippen molar-refractivity contribution in [2.75, 3.05) is 6.26 Å². The second kappa shape index (κ2) is 5.47. The highest BCUT2D eigenvalue weighted by atomic mass is 32.2. The molecule has 0 aliphatic carbocycles. The third-order valence-electron chi connectivity index (χ3n) is 3.32. The number of nitro groups is 1. The number of sulfone groups is 1. The first kappa shape index (κ1) is 15.2. The zero-order valence-corrected chi connectivity index (χ0v) is 13.0. The van der Waals surface area contributed by atoms with E-state index in [2.05, 4.69) is 10.1 Å². The van der Waals surface area contributed by atoms with Crippen LogP contribution in [0.1, 0.15) is 0 Å². The summed E-state index contributed by atoms with van der Waals surface area (Å²) in [4.78, 5) is 14.2. The summed E-state index contributed by atoms with van der Waals surface area (Å²) in [6, 6.07) is 8.39. The lowest BCUT2D eigenvalue weighted by Gasteiger charge is -2.06. The molecule has 0 N–H and O–H groups in total. The van der Waals surface area contributed by atoms with Gasteiger partial charge in [-0.15, -0.1) is 0 Å². The Bertz CT molecular complexity index is 989. The van der Waals surface area contributed by atoms with Gasteiger partial charge in [0.05, 0.1) is 34.9 Å². The number of para-hydroxylation sites is 2. The van der Waals surface area contributed by atoms with Crippen molar-refractivity contribution < 1.29 is 13.3 Å². The Labute approximate surface area is 131 Å². The molecule has 0 atom stereocenters. The topological polar surface area (TPSA) is 113 Å². The SMILES string of the molecule is CS(=O)(=O)c1nc2ccccc2n1CCn1ccc([N+](=O)[O-])n1. The summed E-state index contributed by atoms with van der Waals surface area (Å²) < 4.78 is 26.8. The van der Waals surface area contributed by atoms with Crippen molar-refractivity contribution in [1.29, 1.82) is 0 Å². The highest BCUT2D eigenvalue weighted by Gasteiger charge is 2.19. The maximum Gasteiger partial charge on any atom is 0.389 e. The molecule has 3 rings (SSSR count). The van der Waals surface area contributed by atoms with Gasteiger partial charge in [-0.05, 0) is 17.1 Å². The number of fused-ring (bicyclic) bond motifs is 1. The molecule has 2 heterocycles. The van der Waals surface area contributed by atoms with Crippen LogP contribution in [0, 0.1) is 10.1 Å². The molecule has 0 radical (unpaired) electrons. The molecule has 2 aromatic heterocycles. The summed E-state index contributed by atoms with van der Waals surface area (Å²) in [6.07, 6.45) is 2.58. The predicted octanol–water partition coefficient (Wildman–Crippen LogP) is 1.24. The number of imidazole rings is 1. The number of nitrogens with zero attached hydrogens (tertiary/aromatic N) is 5. The molecule has 0 fully saturated rings. The van der Waals surface area contributed by atoms with Crippen LogP contribution in [0.25, 0.3) is 11.0 Å². The molecule has 0 aliphatic rings. The van der Waals surface area contributed by atoms with Crippen LogP contribution in [0.15, 0.2) is 41.7 Å². The molecule has 0 unspecified atom stereocenters. The molecule has 10 heteroatoms. The lowest BCUT2D eigenvalue weighted by Crippen LogP contribution is -2.13. The molecule has 0 saturated carbocycles. The number of aryl methyl sites for hydroxylation is 2. The molecular formula is C13H13N5O4S. The second-order valence-electron chi connectivity index (χ2n) is 5.00. The van der Waals surface area contributed by atoms with Gasteiger partial charge in [-0.1, -0.05) is 12.1 Å². The first-order valence-corrected chi connectivity index (χ1v) is 8.58. The van der Waals surface area contributed by atoms with Gasteiger partial charge in [-0.2, -0.15) is 4.68 Å². The van der Waals surface area contributed by atoms with Crippen LogP contribution in [0.4, 0.5) is 5.82 Å². The van der Waals surface area contributed by atoms with Gasteiger partial charge < -0.3 is 14.7 Å². The molecule has 3 aromatic rings. The molecule has 0 spiro atoms. The van der Waals surface area contributed by atoms with Gasteiger partial charge in [0.1, 0.15) is 0 Å². The normalized spacial score (nSPS) is 11.9. The molecule has 1 aromatic carbocycles. The van der Waals surface area contributed by atoms with E-state index < -0.39 is 14.8 Å². The third-order valence-corrected chi connectivity index (χ3v) is 4.29. The Kier molecular flexibility index (Phi) is 3.60. The van der Waals surface area contributed by atoms with E-state index in [1.165, 1.54) is 16.9 Å². The van der Waals surface area contributed by atoms with E-state index >= 15 is 0 Å². The molecule has 23 heavy (non-hydrogen) atoms. The fraction of sp³-hybridized carbons (Fsp3) is 0.231. The summed E-state index contributed by atoms with van der Waals surface area (Å²) in [5.41, 5.74) is 1.27. The number of benzene rings is 1. The maximum atomic E-state index is 11.9. The minimum absolute atomic E-state index is 0.0274. The van der Waals surface area contributed by atoms with Crippen molar-refractivity contribution in [2.24, 2.45) is 0 Å². The monoisotopic (exact) mass is 335 g/mol. The molecule has 0 aliphatic heterocycles. The summed E-state index contributed by atoms with van der Waals surface area (Å²) in [5, 5.41) is 14.4. The molecule has 9 nitrogen and oxygen atoms in total. The zero-order chi connectivity index (χ0) is 16.6. The summed E-state index contributed by atoms with van der Waals surface area (Å²) in [7, 11) is -3.49. The molecule has 0 amide bonds. The fourth-order valence-electron chi connectivity index (χ4n) is 2.33. The minimum Gasteiger partial charge on any atom is -0.358 e. The van der Waals surface area contributed by atoms with E-state index in [-0.39, 0.29) is 24.1 Å². The van der Waals surface area contributed by atoms with E-state index in [1.807, 2.05) is 0 Å².